The van der Waals surface area contributed by atoms with Gasteiger partial charge in [0.1, 0.15) is 11.4 Å². The summed E-state index contributed by atoms with van der Waals surface area (Å²) in [5.74, 6) is -4.60. The van der Waals surface area contributed by atoms with Crippen LogP contribution in [-0.4, -0.2) is 29.7 Å². The zero-order valence-corrected chi connectivity index (χ0v) is 14.8. The largest absolute Gasteiger partial charge is 0.444 e. The molecule has 0 bridgehead atoms. The van der Waals surface area contributed by atoms with Crippen molar-refractivity contribution in [2.75, 3.05) is 13.1 Å². The molecule has 1 aliphatic heterocycles. The molecule has 1 saturated heterocycles. The van der Waals surface area contributed by atoms with E-state index >= 15 is 0 Å². The zero-order valence-electron chi connectivity index (χ0n) is 13.2. The van der Waals surface area contributed by atoms with Crippen LogP contribution in [0.15, 0.2) is 22.7 Å². The first-order chi connectivity index (χ1) is 10.5. The summed E-state index contributed by atoms with van der Waals surface area (Å²) < 4.78 is 47.6. The minimum Gasteiger partial charge on any atom is -0.444 e. The molecule has 0 atom stereocenters. The summed E-state index contributed by atoms with van der Waals surface area (Å²) in [6.07, 6.45) is -1.01. The van der Waals surface area contributed by atoms with Crippen molar-refractivity contribution in [1.82, 2.24) is 4.90 Å². The minimum atomic E-state index is -3.28. The number of likely N-dealkylation sites (tertiary alicyclic amines) is 1. The molecule has 1 aliphatic rings. The molecule has 1 heterocycles. The summed E-state index contributed by atoms with van der Waals surface area (Å²) in [4.78, 5) is 13.1. The molecule has 0 N–H and O–H groups in total. The Morgan fingerprint density at radius 3 is 2.52 bits per heavy atom. The predicted molar refractivity (Wildman–Crippen MR) is 83.9 cm³/mol. The van der Waals surface area contributed by atoms with E-state index in [-0.39, 0.29) is 23.5 Å². The molecule has 23 heavy (non-hydrogen) atoms. The highest BCUT2D eigenvalue weighted by Gasteiger charge is 2.43. The number of nitrogens with zero attached hydrogens (tertiary/aromatic N) is 1. The lowest BCUT2D eigenvalue weighted by Gasteiger charge is -2.41. The van der Waals surface area contributed by atoms with Crippen LogP contribution in [0.5, 0.6) is 0 Å². The fourth-order valence-electron chi connectivity index (χ4n) is 2.43. The lowest BCUT2D eigenvalue weighted by Crippen LogP contribution is -2.52. The molecular formula is C16H19BrF3NO2. The Bertz CT molecular complexity index is 595. The predicted octanol–water partition coefficient (Wildman–Crippen LogP) is 4.94. The van der Waals surface area contributed by atoms with Gasteiger partial charge >= 0.3 is 6.09 Å². The van der Waals surface area contributed by atoms with Crippen molar-refractivity contribution < 1.29 is 22.7 Å². The third kappa shape index (κ3) is 4.40. The second kappa shape index (κ2) is 6.34. The second-order valence-electron chi connectivity index (χ2n) is 6.76. The Morgan fingerprint density at radius 1 is 1.35 bits per heavy atom. The van der Waals surface area contributed by atoms with Gasteiger partial charge in [0, 0.05) is 25.4 Å². The second-order valence-corrected chi connectivity index (χ2v) is 7.62. The van der Waals surface area contributed by atoms with Crippen molar-refractivity contribution in [3.05, 3.63) is 34.1 Å². The van der Waals surface area contributed by atoms with E-state index in [9.17, 15) is 18.0 Å². The Hall–Kier alpha value is -1.24. The van der Waals surface area contributed by atoms with Gasteiger partial charge in [0.15, 0.2) is 0 Å². The van der Waals surface area contributed by atoms with E-state index in [1.165, 1.54) is 17.0 Å². The summed E-state index contributed by atoms with van der Waals surface area (Å²) in [6, 6.07) is 3.84. The van der Waals surface area contributed by atoms with Gasteiger partial charge < -0.3 is 9.64 Å². The number of carbonyl (C=O) groups excluding carboxylic acids is 1. The highest BCUT2D eigenvalue weighted by Crippen LogP contribution is 2.40. The maximum atomic E-state index is 14.3. The molecule has 0 saturated carbocycles. The van der Waals surface area contributed by atoms with Gasteiger partial charge in [0.05, 0.1) is 10.0 Å². The standard InChI is InChI=1S/C16H19BrF3NO2/c1-15(2,3)23-14(22)21-8-10(9-21)7-16(19,20)11-5-4-6-12(17)13(11)18/h4-6,10H,7-9H2,1-3H3. The van der Waals surface area contributed by atoms with E-state index in [1.807, 2.05) is 0 Å². The molecule has 1 fully saturated rings. The van der Waals surface area contributed by atoms with Crippen molar-refractivity contribution in [1.29, 1.82) is 0 Å². The van der Waals surface area contributed by atoms with E-state index in [2.05, 4.69) is 15.9 Å². The van der Waals surface area contributed by atoms with Gasteiger partial charge in [-0.1, -0.05) is 12.1 Å². The number of hydrogen-bond acceptors (Lipinski definition) is 2. The summed E-state index contributed by atoms with van der Waals surface area (Å²) >= 11 is 2.91. The van der Waals surface area contributed by atoms with Gasteiger partial charge in [-0.2, -0.15) is 0 Å². The Balaban J connectivity index is 1.94. The normalized spacial score (nSPS) is 16.2. The van der Waals surface area contributed by atoms with Crippen molar-refractivity contribution in [2.24, 2.45) is 5.92 Å². The fraction of sp³-hybridized carbons (Fsp3) is 0.562. The molecule has 2 rings (SSSR count). The van der Waals surface area contributed by atoms with E-state index in [0.29, 0.717) is 0 Å². The van der Waals surface area contributed by atoms with Crippen LogP contribution in [-0.2, 0) is 10.7 Å². The van der Waals surface area contributed by atoms with E-state index in [1.54, 1.807) is 20.8 Å². The van der Waals surface area contributed by atoms with Crippen molar-refractivity contribution in [2.45, 2.75) is 38.7 Å². The number of rotatable bonds is 3. The molecule has 1 amide bonds. The van der Waals surface area contributed by atoms with Gasteiger partial charge in [-0.25, -0.2) is 18.0 Å². The fourth-order valence-corrected chi connectivity index (χ4v) is 2.80. The lowest BCUT2D eigenvalue weighted by molar-refractivity contribution is -0.0632. The van der Waals surface area contributed by atoms with Crippen LogP contribution in [0.4, 0.5) is 18.0 Å². The van der Waals surface area contributed by atoms with Crippen LogP contribution < -0.4 is 0 Å². The summed E-state index contributed by atoms with van der Waals surface area (Å²) in [6.45, 7) is 5.62. The number of benzene rings is 1. The molecule has 0 aliphatic carbocycles. The third-order valence-corrected chi connectivity index (χ3v) is 4.11. The summed E-state index contributed by atoms with van der Waals surface area (Å²) in [5, 5.41) is 0. The first kappa shape index (κ1) is 18.1. The average molecular weight is 394 g/mol. The van der Waals surface area contributed by atoms with Crippen LogP contribution in [0, 0.1) is 11.7 Å². The Morgan fingerprint density at radius 2 is 1.96 bits per heavy atom. The molecular weight excluding hydrogens is 375 g/mol. The van der Waals surface area contributed by atoms with Gasteiger partial charge in [0.25, 0.3) is 5.92 Å². The molecule has 3 nitrogen and oxygen atoms in total. The maximum absolute atomic E-state index is 14.3. The number of hydrogen-bond donors (Lipinski definition) is 0. The van der Waals surface area contributed by atoms with Crippen molar-refractivity contribution in [3.63, 3.8) is 0 Å². The monoisotopic (exact) mass is 393 g/mol. The molecule has 7 heteroatoms. The molecule has 1 aromatic carbocycles. The zero-order chi connectivity index (χ0) is 17.4. The minimum absolute atomic E-state index is 0.0127. The topological polar surface area (TPSA) is 29.5 Å². The van der Waals surface area contributed by atoms with E-state index in [4.69, 9.17) is 4.74 Å². The molecule has 1 aromatic rings. The van der Waals surface area contributed by atoms with Gasteiger partial charge in [-0.15, -0.1) is 0 Å². The SMILES string of the molecule is CC(C)(C)OC(=O)N1CC(CC(F)(F)c2cccc(Br)c2F)C1. The third-order valence-electron chi connectivity index (χ3n) is 3.50. The molecule has 0 spiro atoms. The van der Waals surface area contributed by atoms with Crippen LogP contribution in [0.2, 0.25) is 0 Å². The molecule has 0 radical (unpaired) electrons. The summed E-state index contributed by atoms with van der Waals surface area (Å²) in [5.41, 5.74) is -1.24. The van der Waals surface area contributed by atoms with Crippen molar-refractivity contribution in [3.8, 4) is 0 Å². The Labute approximate surface area is 141 Å². The first-order valence-corrected chi connectivity index (χ1v) is 8.09. The first-order valence-electron chi connectivity index (χ1n) is 7.30. The molecule has 0 aromatic heterocycles. The van der Waals surface area contributed by atoms with Gasteiger partial charge in [0.2, 0.25) is 0 Å². The number of alkyl halides is 2. The number of carbonyl (C=O) groups is 1. The van der Waals surface area contributed by atoms with Gasteiger partial charge in [-0.05, 0) is 42.8 Å². The molecule has 0 unspecified atom stereocenters. The van der Waals surface area contributed by atoms with E-state index < -0.39 is 35.4 Å². The van der Waals surface area contributed by atoms with Crippen molar-refractivity contribution >= 4 is 22.0 Å². The van der Waals surface area contributed by atoms with Gasteiger partial charge in [-0.3, -0.25) is 0 Å². The van der Waals surface area contributed by atoms with Crippen LogP contribution >= 0.6 is 15.9 Å². The van der Waals surface area contributed by atoms with Crippen LogP contribution in [0.1, 0.15) is 32.8 Å². The lowest BCUT2D eigenvalue weighted by atomic mass is 9.90. The quantitative estimate of drug-likeness (QED) is 0.727. The number of halogens is 4. The smallest absolute Gasteiger partial charge is 0.410 e. The average Bonchev–Trinajstić information content (AvgIpc) is 2.34. The number of ether oxygens (including phenoxy) is 1. The maximum Gasteiger partial charge on any atom is 0.410 e. The Kier molecular flexibility index (Phi) is 4.99. The van der Waals surface area contributed by atoms with E-state index in [0.717, 1.165) is 6.07 Å². The highest BCUT2D eigenvalue weighted by molar-refractivity contribution is 9.10. The van der Waals surface area contributed by atoms with Crippen LogP contribution in [0.25, 0.3) is 0 Å². The number of amides is 1. The van der Waals surface area contributed by atoms with Crippen LogP contribution in [0.3, 0.4) is 0 Å². The highest BCUT2D eigenvalue weighted by atomic mass is 79.9. The molecule has 128 valence electrons. The summed E-state index contributed by atoms with van der Waals surface area (Å²) in [7, 11) is 0.